The molecule has 168 valence electrons. The minimum atomic E-state index is -0.0766. The first-order valence-electron chi connectivity index (χ1n) is 12.6. The predicted octanol–water partition coefficient (Wildman–Crippen LogP) is 7.55. The van der Waals surface area contributed by atoms with Crippen molar-refractivity contribution in [2.24, 2.45) is 46.3 Å². The molecule has 0 amide bonds. The number of allylic oxidation sites excluding steroid dienone is 1. The van der Waals surface area contributed by atoms with Crippen molar-refractivity contribution in [2.45, 2.75) is 111 Å². The Morgan fingerprint density at radius 3 is 2.48 bits per heavy atom. The van der Waals surface area contributed by atoms with Gasteiger partial charge in [0.15, 0.2) is 0 Å². The fourth-order valence-electron chi connectivity index (χ4n) is 8.67. The van der Waals surface area contributed by atoms with E-state index >= 15 is 0 Å². The van der Waals surface area contributed by atoms with Crippen LogP contribution in [0.25, 0.3) is 0 Å². The Balaban J connectivity index is 0.00000240. The summed E-state index contributed by atoms with van der Waals surface area (Å²) in [5, 5.41) is 10.2. The van der Waals surface area contributed by atoms with Gasteiger partial charge in [0.05, 0.1) is 6.10 Å². The molecular formula is C27H49NO. The summed E-state index contributed by atoms with van der Waals surface area (Å²) >= 11 is 0. The molecule has 3 saturated carbocycles. The molecule has 4 aliphatic carbocycles. The average Bonchev–Trinajstić information content (AvgIpc) is 2.99. The molecule has 29 heavy (non-hydrogen) atoms. The second kappa shape index (κ2) is 8.65. The van der Waals surface area contributed by atoms with Crippen molar-refractivity contribution in [2.75, 3.05) is 0 Å². The third kappa shape index (κ3) is 3.98. The van der Waals surface area contributed by atoms with Crippen molar-refractivity contribution in [1.82, 2.24) is 6.15 Å². The van der Waals surface area contributed by atoms with Crippen molar-refractivity contribution in [3.8, 4) is 0 Å². The molecule has 2 heteroatoms. The molecule has 4 N–H and O–H groups in total. The van der Waals surface area contributed by atoms with Crippen LogP contribution in [-0.2, 0) is 0 Å². The van der Waals surface area contributed by atoms with Crippen molar-refractivity contribution < 1.29 is 5.11 Å². The quantitative estimate of drug-likeness (QED) is 0.465. The Labute approximate surface area is 180 Å². The molecular weight excluding hydrogens is 354 g/mol. The lowest BCUT2D eigenvalue weighted by atomic mass is 9.47. The number of aliphatic hydroxyl groups excluding tert-OH is 1. The average molecular weight is 404 g/mol. The molecule has 3 fully saturated rings. The molecule has 1 unspecified atom stereocenters. The van der Waals surface area contributed by atoms with Crippen LogP contribution in [0.3, 0.4) is 0 Å². The SMILES string of the molecule is CC(C)CCCC(C)[C@H]1CC[C@H]2[C@@H]3CC=C4C[C@@H](O)CC[C@]4(C)[C@H]3CC[C@]12C.N. The van der Waals surface area contributed by atoms with Crippen LogP contribution in [-0.4, -0.2) is 11.2 Å². The Hall–Kier alpha value is -0.340. The lowest BCUT2D eigenvalue weighted by Gasteiger charge is -2.58. The zero-order valence-corrected chi connectivity index (χ0v) is 20.1. The smallest absolute Gasteiger partial charge is 0.0577 e. The van der Waals surface area contributed by atoms with Gasteiger partial charge in [-0.3, -0.25) is 0 Å². The first kappa shape index (κ1) is 23.3. The molecule has 0 bridgehead atoms. The van der Waals surface area contributed by atoms with Crippen LogP contribution >= 0.6 is 0 Å². The Kier molecular flexibility index (Phi) is 6.96. The molecule has 4 rings (SSSR count). The second-order valence-corrected chi connectivity index (χ2v) is 12.2. The van der Waals surface area contributed by atoms with Crippen molar-refractivity contribution >= 4 is 0 Å². The minimum Gasteiger partial charge on any atom is -0.393 e. The Morgan fingerprint density at radius 2 is 1.76 bits per heavy atom. The highest BCUT2D eigenvalue weighted by molar-refractivity contribution is 5.25. The van der Waals surface area contributed by atoms with Crippen molar-refractivity contribution in [3.05, 3.63) is 11.6 Å². The van der Waals surface area contributed by atoms with Crippen LogP contribution in [0.15, 0.2) is 11.6 Å². The number of aliphatic hydroxyl groups is 1. The zero-order chi connectivity index (χ0) is 20.1. The Morgan fingerprint density at radius 1 is 1.00 bits per heavy atom. The molecule has 2 nitrogen and oxygen atoms in total. The highest BCUT2D eigenvalue weighted by Gasteiger charge is 2.59. The molecule has 4 aliphatic rings. The first-order chi connectivity index (χ1) is 13.3. The van der Waals surface area contributed by atoms with Gasteiger partial charge in [-0.15, -0.1) is 0 Å². The van der Waals surface area contributed by atoms with Crippen LogP contribution in [0.4, 0.5) is 0 Å². The summed E-state index contributed by atoms with van der Waals surface area (Å²) in [6.07, 6.45) is 17.2. The summed E-state index contributed by atoms with van der Waals surface area (Å²) in [6, 6.07) is 0. The van der Waals surface area contributed by atoms with Crippen LogP contribution < -0.4 is 6.15 Å². The Bertz CT molecular complexity index is 597. The molecule has 0 spiro atoms. The van der Waals surface area contributed by atoms with Gasteiger partial charge in [-0.05, 0) is 97.7 Å². The van der Waals surface area contributed by atoms with Crippen LogP contribution in [0, 0.1) is 46.3 Å². The predicted molar refractivity (Wildman–Crippen MR) is 124 cm³/mol. The number of fused-ring (bicyclic) bond motifs is 5. The van der Waals surface area contributed by atoms with E-state index in [-0.39, 0.29) is 12.3 Å². The standard InChI is InChI=1S/C27H46O.H3N/c1-18(2)7-6-8-19(3)23-11-12-24-22-10-9-20-17-21(28)13-15-26(20,4)25(22)14-16-27(23,24)5;/h9,18-19,21-25,28H,6-8,10-17H2,1-5H3;1H3/t19?,21-,22-,23+,24-,25-,26-,27+;/m0./s1. The highest BCUT2D eigenvalue weighted by Crippen LogP contribution is 2.67. The summed E-state index contributed by atoms with van der Waals surface area (Å²) < 4.78 is 0. The molecule has 0 aliphatic heterocycles. The summed E-state index contributed by atoms with van der Waals surface area (Å²) in [4.78, 5) is 0. The van der Waals surface area contributed by atoms with Gasteiger partial charge >= 0.3 is 0 Å². The maximum atomic E-state index is 10.2. The van der Waals surface area contributed by atoms with E-state index in [1.54, 1.807) is 5.57 Å². The summed E-state index contributed by atoms with van der Waals surface area (Å²) in [5.74, 6) is 5.46. The molecule has 0 radical (unpaired) electrons. The van der Waals surface area contributed by atoms with E-state index in [0.717, 1.165) is 48.3 Å². The largest absolute Gasteiger partial charge is 0.393 e. The van der Waals surface area contributed by atoms with Gasteiger partial charge < -0.3 is 11.3 Å². The topological polar surface area (TPSA) is 55.2 Å². The van der Waals surface area contributed by atoms with Crippen molar-refractivity contribution in [1.29, 1.82) is 0 Å². The minimum absolute atomic E-state index is 0. The van der Waals surface area contributed by atoms with Crippen LogP contribution in [0.2, 0.25) is 0 Å². The van der Waals surface area contributed by atoms with E-state index in [4.69, 9.17) is 0 Å². The summed E-state index contributed by atoms with van der Waals surface area (Å²) in [5.41, 5.74) is 2.60. The maximum absolute atomic E-state index is 10.2. The molecule has 0 heterocycles. The van der Waals surface area contributed by atoms with Gasteiger partial charge in [0, 0.05) is 0 Å². The fourth-order valence-corrected chi connectivity index (χ4v) is 8.67. The fraction of sp³-hybridized carbons (Fsp3) is 0.926. The van der Waals surface area contributed by atoms with Crippen molar-refractivity contribution in [3.63, 3.8) is 0 Å². The summed E-state index contributed by atoms with van der Waals surface area (Å²) in [6.45, 7) is 12.6. The zero-order valence-electron chi connectivity index (χ0n) is 20.1. The van der Waals surface area contributed by atoms with Gasteiger partial charge in [-0.25, -0.2) is 0 Å². The number of rotatable bonds is 5. The molecule has 0 aromatic carbocycles. The monoisotopic (exact) mass is 403 g/mol. The normalized spacial score (nSPS) is 44.9. The van der Waals surface area contributed by atoms with E-state index in [2.05, 4.69) is 40.7 Å². The lowest BCUT2D eigenvalue weighted by molar-refractivity contribution is -0.0573. The highest BCUT2D eigenvalue weighted by atomic mass is 16.3. The molecule has 8 atom stereocenters. The third-order valence-corrected chi connectivity index (χ3v) is 10.3. The molecule has 0 aromatic rings. The van der Waals surface area contributed by atoms with Gasteiger partial charge in [0.1, 0.15) is 0 Å². The first-order valence-corrected chi connectivity index (χ1v) is 12.6. The third-order valence-electron chi connectivity index (χ3n) is 10.3. The van der Waals surface area contributed by atoms with Gasteiger partial charge in [0.25, 0.3) is 0 Å². The molecule has 0 saturated heterocycles. The van der Waals surface area contributed by atoms with E-state index in [1.165, 1.54) is 57.8 Å². The van der Waals surface area contributed by atoms with Crippen LogP contribution in [0.5, 0.6) is 0 Å². The number of hydrogen-bond acceptors (Lipinski definition) is 2. The second-order valence-electron chi connectivity index (χ2n) is 12.2. The van der Waals surface area contributed by atoms with E-state index < -0.39 is 0 Å². The number of hydrogen-bond donors (Lipinski definition) is 2. The molecule has 0 aromatic heterocycles. The van der Waals surface area contributed by atoms with Gasteiger partial charge in [-0.1, -0.05) is 65.5 Å². The van der Waals surface area contributed by atoms with E-state index in [1.807, 2.05) is 0 Å². The van der Waals surface area contributed by atoms with Gasteiger partial charge in [-0.2, -0.15) is 0 Å². The van der Waals surface area contributed by atoms with Gasteiger partial charge in [0.2, 0.25) is 0 Å². The maximum Gasteiger partial charge on any atom is 0.0577 e. The van der Waals surface area contributed by atoms with E-state index in [0.29, 0.717) is 10.8 Å². The lowest BCUT2D eigenvalue weighted by Crippen LogP contribution is -2.50. The summed E-state index contributed by atoms with van der Waals surface area (Å²) in [7, 11) is 0. The van der Waals surface area contributed by atoms with E-state index in [9.17, 15) is 5.11 Å². The van der Waals surface area contributed by atoms with Crippen LogP contribution in [0.1, 0.15) is 105 Å².